The fourth-order valence-corrected chi connectivity index (χ4v) is 2.12. The lowest BCUT2D eigenvalue weighted by Gasteiger charge is -2.11. The molecule has 7 heteroatoms. The molecule has 0 bridgehead atoms. The molecule has 0 spiro atoms. The zero-order valence-corrected chi connectivity index (χ0v) is 16.0. The second kappa shape index (κ2) is 9.51. The number of hydrogen-bond acceptors (Lipinski definition) is 4. The number of guanidine groups is 1. The van der Waals surface area contributed by atoms with Gasteiger partial charge in [0.25, 0.3) is 0 Å². The topological polar surface area (TPSA) is 71.7 Å². The van der Waals surface area contributed by atoms with E-state index in [1.54, 1.807) is 19.5 Å². The van der Waals surface area contributed by atoms with E-state index in [1.807, 2.05) is 24.3 Å². The van der Waals surface area contributed by atoms with Crippen LogP contribution in [0.1, 0.15) is 24.2 Å². The van der Waals surface area contributed by atoms with Gasteiger partial charge in [-0.15, -0.1) is 24.0 Å². The van der Waals surface area contributed by atoms with E-state index in [1.165, 1.54) is 12.8 Å². The van der Waals surface area contributed by atoms with Crippen LogP contribution in [0.3, 0.4) is 0 Å². The third-order valence-electron chi connectivity index (χ3n) is 3.66. The van der Waals surface area contributed by atoms with Crippen molar-refractivity contribution in [3.63, 3.8) is 0 Å². The third-order valence-corrected chi connectivity index (χ3v) is 3.66. The molecule has 1 aliphatic rings. The summed E-state index contributed by atoms with van der Waals surface area (Å²) in [6, 6.07) is 7.73. The molecule has 0 aromatic carbocycles. The number of aliphatic imine (C=N–C) groups is 1. The summed E-state index contributed by atoms with van der Waals surface area (Å²) in [4.78, 5) is 8.45. The molecule has 24 heavy (non-hydrogen) atoms. The van der Waals surface area contributed by atoms with Crippen LogP contribution in [0.25, 0.3) is 0 Å². The van der Waals surface area contributed by atoms with Crippen molar-refractivity contribution in [1.29, 1.82) is 0 Å². The van der Waals surface area contributed by atoms with Gasteiger partial charge in [0.1, 0.15) is 5.76 Å². The Hall–Kier alpha value is -1.77. The van der Waals surface area contributed by atoms with Crippen molar-refractivity contribution in [2.45, 2.75) is 25.9 Å². The van der Waals surface area contributed by atoms with Gasteiger partial charge in [-0.2, -0.15) is 0 Å². The maximum absolute atomic E-state index is 5.70. The first-order valence-electron chi connectivity index (χ1n) is 7.88. The van der Waals surface area contributed by atoms with Crippen LogP contribution < -0.4 is 15.4 Å². The Kier molecular flexibility index (Phi) is 7.36. The molecule has 3 rings (SSSR count). The first-order chi connectivity index (χ1) is 11.3. The molecular formula is C17H23IN4O2. The predicted octanol–water partition coefficient (Wildman–Crippen LogP) is 2.95. The molecular weight excluding hydrogens is 419 g/mol. The second-order valence-corrected chi connectivity index (χ2v) is 5.62. The normalized spacial score (nSPS) is 14.0. The van der Waals surface area contributed by atoms with E-state index in [4.69, 9.17) is 9.15 Å². The van der Waals surface area contributed by atoms with Crippen molar-refractivity contribution in [3.05, 3.63) is 48.0 Å². The lowest BCUT2D eigenvalue weighted by atomic mass is 10.2. The van der Waals surface area contributed by atoms with E-state index < -0.39 is 0 Å². The van der Waals surface area contributed by atoms with Crippen LogP contribution in [0.5, 0.6) is 5.88 Å². The Morgan fingerprint density at radius 1 is 1.33 bits per heavy atom. The summed E-state index contributed by atoms with van der Waals surface area (Å²) in [7, 11) is 1.74. The smallest absolute Gasteiger partial charge is 0.213 e. The molecule has 0 aliphatic heterocycles. The lowest BCUT2D eigenvalue weighted by Crippen LogP contribution is -2.36. The molecule has 0 atom stereocenters. The number of halogens is 1. The number of rotatable bonds is 7. The van der Waals surface area contributed by atoms with Gasteiger partial charge >= 0.3 is 0 Å². The Morgan fingerprint density at radius 2 is 2.17 bits per heavy atom. The van der Waals surface area contributed by atoms with Gasteiger partial charge < -0.3 is 19.8 Å². The zero-order chi connectivity index (χ0) is 15.9. The zero-order valence-electron chi connectivity index (χ0n) is 13.7. The molecule has 130 valence electrons. The number of furan rings is 1. The number of nitrogens with zero attached hydrogens (tertiary/aromatic N) is 2. The second-order valence-electron chi connectivity index (χ2n) is 5.62. The highest BCUT2D eigenvalue weighted by Gasteiger charge is 2.22. The number of ether oxygens (including phenoxy) is 1. The number of pyridine rings is 1. The van der Waals surface area contributed by atoms with E-state index in [9.17, 15) is 0 Å². The molecule has 1 saturated carbocycles. The van der Waals surface area contributed by atoms with Gasteiger partial charge in [0, 0.05) is 25.9 Å². The first-order valence-corrected chi connectivity index (χ1v) is 7.88. The van der Waals surface area contributed by atoms with E-state index in [0.717, 1.165) is 29.8 Å². The molecule has 1 fully saturated rings. The summed E-state index contributed by atoms with van der Waals surface area (Å²) >= 11 is 0. The molecule has 0 radical (unpaired) electrons. The third kappa shape index (κ3) is 6.03. The Balaban J connectivity index is 0.00000208. The summed E-state index contributed by atoms with van der Waals surface area (Å²) in [6.45, 7) is 2.02. The molecule has 0 amide bonds. The number of hydrogen-bond donors (Lipinski definition) is 2. The Morgan fingerprint density at radius 3 is 2.88 bits per heavy atom. The molecule has 2 aromatic rings. The molecule has 1 aliphatic carbocycles. The van der Waals surface area contributed by atoms with E-state index in [2.05, 4.69) is 20.6 Å². The highest BCUT2D eigenvalue weighted by atomic mass is 127. The minimum Gasteiger partial charge on any atom is -0.477 e. The van der Waals surface area contributed by atoms with Gasteiger partial charge in [0.2, 0.25) is 5.88 Å². The largest absolute Gasteiger partial charge is 0.477 e. The molecule has 0 unspecified atom stereocenters. The Labute approximate surface area is 159 Å². The van der Waals surface area contributed by atoms with Crippen LogP contribution in [0.2, 0.25) is 0 Å². The van der Waals surface area contributed by atoms with Crippen molar-refractivity contribution in [2.24, 2.45) is 10.9 Å². The highest BCUT2D eigenvalue weighted by molar-refractivity contribution is 14.0. The van der Waals surface area contributed by atoms with Crippen molar-refractivity contribution < 1.29 is 9.15 Å². The SMILES string of the molecule is CN=C(NCc1ccnc(OCC2CC2)c1)NCc1ccco1.I. The predicted molar refractivity (Wildman–Crippen MR) is 104 cm³/mol. The van der Waals surface area contributed by atoms with Gasteiger partial charge in [0.15, 0.2) is 5.96 Å². The standard InChI is InChI=1S/C17H22N4O2.HI/c1-18-17(21-11-15-3-2-8-22-15)20-10-14-6-7-19-16(9-14)23-12-13-4-5-13;/h2-3,6-9,13H,4-5,10-12H2,1H3,(H2,18,20,21);1H. The fourth-order valence-electron chi connectivity index (χ4n) is 2.12. The van der Waals surface area contributed by atoms with Crippen molar-refractivity contribution in [2.75, 3.05) is 13.7 Å². The Bertz CT molecular complexity index is 642. The molecule has 0 saturated heterocycles. The van der Waals surface area contributed by atoms with Crippen molar-refractivity contribution in [3.8, 4) is 5.88 Å². The average molecular weight is 442 g/mol. The first kappa shape index (κ1) is 18.6. The van der Waals surface area contributed by atoms with Gasteiger partial charge in [-0.05, 0) is 42.5 Å². The quantitative estimate of drug-likeness (QED) is 0.392. The van der Waals surface area contributed by atoms with Gasteiger partial charge in [-0.25, -0.2) is 4.98 Å². The van der Waals surface area contributed by atoms with Gasteiger partial charge in [0.05, 0.1) is 19.4 Å². The minimum absolute atomic E-state index is 0. The molecule has 2 N–H and O–H groups in total. The van der Waals surface area contributed by atoms with E-state index in [-0.39, 0.29) is 24.0 Å². The van der Waals surface area contributed by atoms with Gasteiger partial charge in [-0.1, -0.05) is 0 Å². The summed E-state index contributed by atoms with van der Waals surface area (Å²) in [5, 5.41) is 6.47. The van der Waals surface area contributed by atoms with Crippen LogP contribution in [0.15, 0.2) is 46.1 Å². The fraction of sp³-hybridized carbons (Fsp3) is 0.412. The lowest BCUT2D eigenvalue weighted by molar-refractivity contribution is 0.288. The highest BCUT2D eigenvalue weighted by Crippen LogP contribution is 2.29. The maximum Gasteiger partial charge on any atom is 0.213 e. The van der Waals surface area contributed by atoms with Gasteiger partial charge in [-0.3, -0.25) is 4.99 Å². The number of aromatic nitrogens is 1. The summed E-state index contributed by atoms with van der Waals surface area (Å²) in [5.41, 5.74) is 1.10. The van der Waals surface area contributed by atoms with Crippen molar-refractivity contribution in [1.82, 2.24) is 15.6 Å². The summed E-state index contributed by atoms with van der Waals surface area (Å²) < 4.78 is 11.0. The van der Waals surface area contributed by atoms with Crippen LogP contribution in [0.4, 0.5) is 0 Å². The van der Waals surface area contributed by atoms with Crippen LogP contribution in [0, 0.1) is 5.92 Å². The van der Waals surface area contributed by atoms with Crippen molar-refractivity contribution >= 4 is 29.9 Å². The summed E-state index contributed by atoms with van der Waals surface area (Å²) in [6.07, 6.45) is 5.99. The van der Waals surface area contributed by atoms with Crippen LogP contribution >= 0.6 is 24.0 Å². The van der Waals surface area contributed by atoms with Crippen LogP contribution in [-0.2, 0) is 13.1 Å². The number of nitrogens with one attached hydrogen (secondary N) is 2. The molecule has 6 nitrogen and oxygen atoms in total. The molecule has 2 aromatic heterocycles. The summed E-state index contributed by atoms with van der Waals surface area (Å²) in [5.74, 6) is 3.00. The average Bonchev–Trinajstić information content (AvgIpc) is 3.27. The minimum atomic E-state index is 0. The maximum atomic E-state index is 5.70. The van der Waals surface area contributed by atoms with Crippen LogP contribution in [-0.4, -0.2) is 24.6 Å². The van der Waals surface area contributed by atoms with E-state index in [0.29, 0.717) is 19.0 Å². The molecule has 2 heterocycles. The van der Waals surface area contributed by atoms with E-state index >= 15 is 0 Å². The monoisotopic (exact) mass is 442 g/mol.